The topological polar surface area (TPSA) is 71.1 Å². The Morgan fingerprint density at radius 2 is 1.93 bits per heavy atom. The van der Waals surface area contributed by atoms with Gasteiger partial charge in [0.1, 0.15) is 23.2 Å². The van der Waals surface area contributed by atoms with Crippen molar-refractivity contribution in [3.8, 4) is 17.1 Å². The van der Waals surface area contributed by atoms with E-state index in [1.54, 1.807) is 24.5 Å². The number of aromatic amines is 1. The Morgan fingerprint density at radius 1 is 1.21 bits per heavy atom. The number of H-pyrrole nitrogens is 1. The van der Waals surface area contributed by atoms with Crippen molar-refractivity contribution in [3.05, 3.63) is 75.5 Å². The number of benzene rings is 1. The first-order chi connectivity index (χ1) is 13.5. The third kappa shape index (κ3) is 3.50. The van der Waals surface area contributed by atoms with E-state index in [0.717, 1.165) is 5.56 Å². The highest BCUT2D eigenvalue weighted by Gasteiger charge is 2.23. The van der Waals surface area contributed by atoms with Crippen LogP contribution in [0.1, 0.15) is 16.8 Å². The molecule has 0 bridgehead atoms. The Kier molecular flexibility index (Phi) is 4.87. The predicted octanol–water partition coefficient (Wildman–Crippen LogP) is 2.68. The summed E-state index contributed by atoms with van der Waals surface area (Å²) < 4.78 is 33.4. The lowest BCUT2D eigenvalue weighted by molar-refractivity contribution is 0.233. The molecule has 0 radical (unpaired) electrons. The number of hydrogen-bond donors (Lipinski definition) is 1. The number of aromatic nitrogens is 3. The fourth-order valence-electron chi connectivity index (χ4n) is 3.35. The molecule has 1 aliphatic rings. The Balaban J connectivity index is 1.61. The lowest BCUT2D eigenvalue weighted by atomic mass is 10.0. The van der Waals surface area contributed by atoms with Crippen LogP contribution in [-0.2, 0) is 19.5 Å². The minimum Gasteiger partial charge on any atom is -0.497 e. The lowest BCUT2D eigenvalue weighted by Crippen LogP contribution is -2.35. The number of rotatable bonds is 4. The van der Waals surface area contributed by atoms with E-state index in [4.69, 9.17) is 4.74 Å². The van der Waals surface area contributed by atoms with Crippen LogP contribution < -0.4 is 10.3 Å². The summed E-state index contributed by atoms with van der Waals surface area (Å²) in [6.45, 7) is 0.930. The third-order valence-corrected chi connectivity index (χ3v) is 4.84. The van der Waals surface area contributed by atoms with Crippen molar-refractivity contribution in [1.82, 2.24) is 19.9 Å². The summed E-state index contributed by atoms with van der Waals surface area (Å²) in [4.78, 5) is 25.6. The maximum atomic E-state index is 14.3. The standard InChI is InChI=1S/C20H18F2N4O2/c1-28-13-8-16(21)15(17(22)9-13)10-26-7-4-14-18(11-26)24-19(25-20(14)27)12-2-5-23-6-3-12/h2-3,5-6,8-9H,4,7,10-11H2,1H3,(H,24,25,27). The SMILES string of the molecule is COc1cc(F)c(CN2CCc3c(nc(-c4ccncc4)[nH]c3=O)C2)c(F)c1. The number of methoxy groups -OCH3 is 1. The van der Waals surface area contributed by atoms with Crippen LogP contribution in [0, 0.1) is 11.6 Å². The van der Waals surface area contributed by atoms with Gasteiger partial charge in [-0.1, -0.05) is 0 Å². The zero-order valence-corrected chi connectivity index (χ0v) is 15.2. The molecule has 0 saturated carbocycles. The predicted molar refractivity (Wildman–Crippen MR) is 98.8 cm³/mol. The second-order valence-corrected chi connectivity index (χ2v) is 6.61. The summed E-state index contributed by atoms with van der Waals surface area (Å²) in [5.41, 5.74) is 1.78. The first-order valence-electron chi connectivity index (χ1n) is 8.82. The molecular formula is C20H18F2N4O2. The van der Waals surface area contributed by atoms with Gasteiger partial charge in [0, 0.05) is 60.9 Å². The maximum absolute atomic E-state index is 14.3. The van der Waals surface area contributed by atoms with Gasteiger partial charge in [0.25, 0.3) is 5.56 Å². The lowest BCUT2D eigenvalue weighted by Gasteiger charge is -2.28. The minimum atomic E-state index is -0.654. The van der Waals surface area contributed by atoms with Gasteiger partial charge in [-0.25, -0.2) is 13.8 Å². The smallest absolute Gasteiger partial charge is 0.254 e. The fraction of sp³-hybridized carbons (Fsp3) is 0.250. The van der Waals surface area contributed by atoms with Crippen molar-refractivity contribution in [2.45, 2.75) is 19.5 Å². The number of hydrogen-bond acceptors (Lipinski definition) is 5. The molecule has 6 nitrogen and oxygen atoms in total. The largest absolute Gasteiger partial charge is 0.497 e. The van der Waals surface area contributed by atoms with Crippen LogP contribution in [0.25, 0.3) is 11.4 Å². The summed E-state index contributed by atoms with van der Waals surface area (Å²) in [5, 5.41) is 0. The van der Waals surface area contributed by atoms with Gasteiger partial charge in [0.05, 0.1) is 12.8 Å². The average molecular weight is 384 g/mol. The molecule has 28 heavy (non-hydrogen) atoms. The summed E-state index contributed by atoms with van der Waals surface area (Å²) >= 11 is 0. The summed E-state index contributed by atoms with van der Waals surface area (Å²) in [7, 11) is 1.36. The molecule has 0 fully saturated rings. The van der Waals surface area contributed by atoms with Crippen LogP contribution >= 0.6 is 0 Å². The van der Waals surface area contributed by atoms with E-state index in [0.29, 0.717) is 36.6 Å². The second-order valence-electron chi connectivity index (χ2n) is 6.61. The zero-order chi connectivity index (χ0) is 19.7. The van der Waals surface area contributed by atoms with E-state index < -0.39 is 11.6 Å². The van der Waals surface area contributed by atoms with Crippen LogP contribution in [0.5, 0.6) is 5.75 Å². The molecule has 0 amide bonds. The van der Waals surface area contributed by atoms with Crippen molar-refractivity contribution in [2.24, 2.45) is 0 Å². The van der Waals surface area contributed by atoms with Crippen LogP contribution in [-0.4, -0.2) is 33.5 Å². The number of halogens is 2. The molecule has 144 valence electrons. The highest BCUT2D eigenvalue weighted by Crippen LogP contribution is 2.24. The normalized spacial score (nSPS) is 14.0. The molecule has 0 unspecified atom stereocenters. The highest BCUT2D eigenvalue weighted by atomic mass is 19.1. The van der Waals surface area contributed by atoms with Gasteiger partial charge in [0.2, 0.25) is 0 Å². The van der Waals surface area contributed by atoms with Gasteiger partial charge in [-0.2, -0.15) is 0 Å². The Hall–Kier alpha value is -3.13. The quantitative estimate of drug-likeness (QED) is 0.749. The molecular weight excluding hydrogens is 366 g/mol. The number of nitrogens with zero attached hydrogens (tertiary/aromatic N) is 3. The van der Waals surface area contributed by atoms with Crippen molar-refractivity contribution < 1.29 is 13.5 Å². The molecule has 2 aromatic heterocycles. The van der Waals surface area contributed by atoms with Gasteiger partial charge in [-0.3, -0.25) is 14.7 Å². The van der Waals surface area contributed by atoms with Crippen molar-refractivity contribution in [3.63, 3.8) is 0 Å². The van der Waals surface area contributed by atoms with Crippen LogP contribution in [0.15, 0.2) is 41.5 Å². The molecule has 1 aliphatic heterocycles. The van der Waals surface area contributed by atoms with Gasteiger partial charge in [0.15, 0.2) is 0 Å². The Labute approximate surface area is 159 Å². The molecule has 0 saturated heterocycles. The molecule has 1 aromatic carbocycles. The first-order valence-corrected chi connectivity index (χ1v) is 8.82. The van der Waals surface area contributed by atoms with Crippen molar-refractivity contribution in [1.29, 1.82) is 0 Å². The molecule has 8 heteroatoms. The van der Waals surface area contributed by atoms with E-state index in [1.165, 1.54) is 19.2 Å². The minimum absolute atomic E-state index is 0.0246. The Morgan fingerprint density at radius 3 is 2.61 bits per heavy atom. The highest BCUT2D eigenvalue weighted by molar-refractivity contribution is 5.54. The van der Waals surface area contributed by atoms with Crippen molar-refractivity contribution in [2.75, 3.05) is 13.7 Å². The van der Waals surface area contributed by atoms with E-state index in [-0.39, 0.29) is 23.4 Å². The van der Waals surface area contributed by atoms with E-state index >= 15 is 0 Å². The summed E-state index contributed by atoms with van der Waals surface area (Å²) in [6.07, 6.45) is 3.71. The van der Waals surface area contributed by atoms with Gasteiger partial charge >= 0.3 is 0 Å². The van der Waals surface area contributed by atoms with Gasteiger partial charge < -0.3 is 9.72 Å². The summed E-state index contributed by atoms with van der Waals surface area (Å²) in [5.74, 6) is -0.717. The average Bonchev–Trinajstić information content (AvgIpc) is 2.71. The number of fused-ring (bicyclic) bond motifs is 1. The summed E-state index contributed by atoms with van der Waals surface area (Å²) in [6, 6.07) is 5.85. The molecule has 0 atom stereocenters. The van der Waals surface area contributed by atoms with E-state index in [1.807, 2.05) is 4.90 Å². The van der Waals surface area contributed by atoms with E-state index in [9.17, 15) is 13.6 Å². The molecule has 3 aromatic rings. The van der Waals surface area contributed by atoms with Gasteiger partial charge in [-0.05, 0) is 18.6 Å². The van der Waals surface area contributed by atoms with Crippen LogP contribution in [0.4, 0.5) is 8.78 Å². The van der Waals surface area contributed by atoms with Crippen molar-refractivity contribution >= 4 is 0 Å². The number of ether oxygens (including phenoxy) is 1. The molecule has 0 aliphatic carbocycles. The van der Waals surface area contributed by atoms with Gasteiger partial charge in [-0.15, -0.1) is 0 Å². The first kappa shape index (κ1) is 18.2. The van der Waals surface area contributed by atoms with E-state index in [2.05, 4.69) is 15.0 Å². The van der Waals surface area contributed by atoms with Crippen LogP contribution in [0.3, 0.4) is 0 Å². The monoisotopic (exact) mass is 384 g/mol. The molecule has 4 rings (SSSR count). The maximum Gasteiger partial charge on any atom is 0.254 e. The molecule has 1 N–H and O–H groups in total. The third-order valence-electron chi connectivity index (χ3n) is 4.84. The number of nitrogens with one attached hydrogen (secondary N) is 1. The van der Waals surface area contributed by atoms with Crippen LogP contribution in [0.2, 0.25) is 0 Å². The molecule has 0 spiro atoms. The Bertz CT molecular complexity index is 1050. The zero-order valence-electron chi connectivity index (χ0n) is 15.2. The molecule has 3 heterocycles. The number of pyridine rings is 1. The fourth-order valence-corrected chi connectivity index (χ4v) is 3.35. The second kappa shape index (κ2) is 7.47.